The fraction of sp³-hybridized carbons (Fsp3) is 0.316. The normalized spacial score (nSPS) is 11.2. The molecule has 24 heavy (non-hydrogen) atoms. The molecule has 0 atom stereocenters. The number of guanidine groups is 1. The maximum atomic E-state index is 12.9. The summed E-state index contributed by atoms with van der Waals surface area (Å²) in [5.41, 5.74) is 2.30. The number of nitrogens with zero attached hydrogens (tertiary/aromatic N) is 1. The van der Waals surface area contributed by atoms with Crippen molar-refractivity contribution in [2.45, 2.75) is 12.8 Å². The van der Waals surface area contributed by atoms with Crippen molar-refractivity contribution in [3.8, 4) is 5.75 Å². The van der Waals surface area contributed by atoms with E-state index in [2.05, 4.69) is 21.7 Å². The zero-order valence-electron chi connectivity index (χ0n) is 14.2. The lowest BCUT2D eigenvalue weighted by atomic mass is 10.1. The lowest BCUT2D eigenvalue weighted by Gasteiger charge is -2.12. The molecule has 0 aliphatic heterocycles. The van der Waals surface area contributed by atoms with Gasteiger partial charge < -0.3 is 15.4 Å². The van der Waals surface area contributed by atoms with E-state index in [4.69, 9.17) is 4.74 Å². The molecule has 0 amide bonds. The molecule has 0 heterocycles. The van der Waals surface area contributed by atoms with Crippen LogP contribution in [0.5, 0.6) is 5.75 Å². The van der Waals surface area contributed by atoms with Gasteiger partial charge in [0.1, 0.15) is 11.6 Å². The minimum atomic E-state index is -0.207. The van der Waals surface area contributed by atoms with Crippen molar-refractivity contribution >= 4 is 5.96 Å². The van der Waals surface area contributed by atoms with E-state index in [-0.39, 0.29) is 5.82 Å². The van der Waals surface area contributed by atoms with Crippen molar-refractivity contribution in [3.05, 3.63) is 65.5 Å². The first-order valence-corrected chi connectivity index (χ1v) is 8.03. The predicted molar refractivity (Wildman–Crippen MR) is 96.2 cm³/mol. The Hall–Kier alpha value is -2.56. The van der Waals surface area contributed by atoms with Gasteiger partial charge >= 0.3 is 0 Å². The van der Waals surface area contributed by atoms with E-state index in [1.165, 1.54) is 17.7 Å². The zero-order valence-corrected chi connectivity index (χ0v) is 14.2. The first-order valence-electron chi connectivity index (χ1n) is 8.03. The van der Waals surface area contributed by atoms with Crippen LogP contribution < -0.4 is 15.4 Å². The monoisotopic (exact) mass is 329 g/mol. The van der Waals surface area contributed by atoms with Crippen LogP contribution in [0.1, 0.15) is 11.1 Å². The van der Waals surface area contributed by atoms with Gasteiger partial charge in [0.05, 0.1) is 7.11 Å². The van der Waals surface area contributed by atoms with Crippen molar-refractivity contribution in [2.24, 2.45) is 4.99 Å². The first kappa shape index (κ1) is 17.8. The minimum absolute atomic E-state index is 0.207. The maximum absolute atomic E-state index is 12.9. The highest BCUT2D eigenvalue weighted by Gasteiger charge is 2.00. The predicted octanol–water partition coefficient (Wildman–Crippen LogP) is 2.78. The van der Waals surface area contributed by atoms with Crippen LogP contribution in [0, 0.1) is 5.82 Å². The van der Waals surface area contributed by atoms with Gasteiger partial charge in [-0.05, 0) is 48.2 Å². The van der Waals surface area contributed by atoms with Gasteiger partial charge in [-0.1, -0.05) is 24.3 Å². The van der Waals surface area contributed by atoms with E-state index >= 15 is 0 Å². The summed E-state index contributed by atoms with van der Waals surface area (Å²) in [6.07, 6.45) is 1.70. The zero-order chi connectivity index (χ0) is 17.2. The molecule has 0 aliphatic carbocycles. The molecule has 5 heteroatoms. The largest absolute Gasteiger partial charge is 0.497 e. The number of methoxy groups -OCH3 is 1. The Morgan fingerprint density at radius 2 is 1.67 bits per heavy atom. The number of halogens is 1. The number of rotatable bonds is 7. The summed E-state index contributed by atoms with van der Waals surface area (Å²) >= 11 is 0. The summed E-state index contributed by atoms with van der Waals surface area (Å²) in [6.45, 7) is 1.52. The van der Waals surface area contributed by atoms with Crippen molar-refractivity contribution in [1.82, 2.24) is 10.6 Å². The van der Waals surface area contributed by atoms with Crippen molar-refractivity contribution in [3.63, 3.8) is 0 Å². The summed E-state index contributed by atoms with van der Waals surface area (Å²) in [5, 5.41) is 6.55. The molecular weight excluding hydrogens is 305 g/mol. The van der Waals surface area contributed by atoms with E-state index in [0.29, 0.717) is 0 Å². The molecule has 2 aromatic carbocycles. The van der Waals surface area contributed by atoms with Gasteiger partial charge in [-0.25, -0.2) is 4.39 Å². The van der Waals surface area contributed by atoms with Gasteiger partial charge in [0.15, 0.2) is 5.96 Å². The molecule has 0 saturated carbocycles. The maximum Gasteiger partial charge on any atom is 0.190 e. The molecule has 0 bridgehead atoms. The summed E-state index contributed by atoms with van der Waals surface area (Å²) in [4.78, 5) is 4.21. The van der Waals surface area contributed by atoms with Gasteiger partial charge in [0.2, 0.25) is 0 Å². The Morgan fingerprint density at radius 3 is 2.29 bits per heavy atom. The summed E-state index contributed by atoms with van der Waals surface area (Å²) in [7, 11) is 3.42. The van der Waals surface area contributed by atoms with E-state index < -0.39 is 0 Å². The molecule has 0 aliphatic rings. The van der Waals surface area contributed by atoms with E-state index in [1.54, 1.807) is 26.3 Å². The number of aliphatic imine (C=N–C) groups is 1. The Labute approximate surface area is 142 Å². The van der Waals surface area contributed by atoms with Crippen LogP contribution in [0.4, 0.5) is 4.39 Å². The van der Waals surface area contributed by atoms with Crippen molar-refractivity contribution in [1.29, 1.82) is 0 Å². The second-order valence-corrected chi connectivity index (χ2v) is 5.40. The summed E-state index contributed by atoms with van der Waals surface area (Å²) < 4.78 is 18.1. The van der Waals surface area contributed by atoms with Crippen LogP contribution in [-0.4, -0.2) is 33.2 Å². The average molecular weight is 329 g/mol. The van der Waals surface area contributed by atoms with Crippen LogP contribution in [0.3, 0.4) is 0 Å². The minimum Gasteiger partial charge on any atom is -0.497 e. The number of ether oxygens (including phenoxy) is 1. The molecular formula is C19H24FN3O. The number of hydrogen-bond donors (Lipinski definition) is 2. The number of benzene rings is 2. The molecule has 2 rings (SSSR count). The lowest BCUT2D eigenvalue weighted by molar-refractivity contribution is 0.414. The van der Waals surface area contributed by atoms with Crippen LogP contribution in [0.2, 0.25) is 0 Å². The third-order valence-corrected chi connectivity index (χ3v) is 3.68. The Bertz CT molecular complexity index is 656. The highest BCUT2D eigenvalue weighted by Crippen LogP contribution is 2.12. The van der Waals surface area contributed by atoms with Crippen LogP contribution >= 0.6 is 0 Å². The van der Waals surface area contributed by atoms with Gasteiger partial charge in [0.25, 0.3) is 0 Å². The van der Waals surface area contributed by atoms with Crippen molar-refractivity contribution < 1.29 is 9.13 Å². The molecule has 0 saturated heterocycles. The fourth-order valence-electron chi connectivity index (χ4n) is 2.35. The Balaban J connectivity index is 1.71. The van der Waals surface area contributed by atoms with Crippen LogP contribution in [0.25, 0.3) is 0 Å². The Kier molecular flexibility index (Phi) is 7.08. The van der Waals surface area contributed by atoms with E-state index in [9.17, 15) is 4.39 Å². The third-order valence-electron chi connectivity index (χ3n) is 3.68. The summed E-state index contributed by atoms with van der Waals surface area (Å²) in [5.74, 6) is 1.43. The smallest absolute Gasteiger partial charge is 0.190 e. The number of nitrogens with one attached hydrogen (secondary N) is 2. The van der Waals surface area contributed by atoms with Crippen LogP contribution in [0.15, 0.2) is 53.5 Å². The van der Waals surface area contributed by atoms with Gasteiger partial charge in [0, 0.05) is 20.1 Å². The lowest BCUT2D eigenvalue weighted by Crippen LogP contribution is -2.39. The highest BCUT2D eigenvalue weighted by atomic mass is 19.1. The molecule has 2 aromatic rings. The molecule has 0 radical (unpaired) electrons. The highest BCUT2D eigenvalue weighted by molar-refractivity contribution is 5.79. The molecule has 0 unspecified atom stereocenters. The molecule has 0 aromatic heterocycles. The summed E-state index contributed by atoms with van der Waals surface area (Å²) in [6, 6.07) is 14.6. The van der Waals surface area contributed by atoms with Crippen molar-refractivity contribution in [2.75, 3.05) is 27.2 Å². The quantitative estimate of drug-likeness (QED) is 0.606. The molecule has 0 fully saturated rings. The Morgan fingerprint density at radius 1 is 1.00 bits per heavy atom. The number of hydrogen-bond acceptors (Lipinski definition) is 2. The molecule has 4 nitrogen and oxygen atoms in total. The molecule has 128 valence electrons. The fourth-order valence-corrected chi connectivity index (χ4v) is 2.35. The average Bonchev–Trinajstić information content (AvgIpc) is 2.62. The third kappa shape index (κ3) is 5.91. The van der Waals surface area contributed by atoms with Gasteiger partial charge in [-0.3, -0.25) is 4.99 Å². The standard InChI is InChI=1S/C19H24FN3O/c1-21-19(22-12-10-15-6-8-17(20)9-7-15)23-13-11-16-4-3-5-18(14-16)24-2/h3-9,14H,10-13H2,1-2H3,(H2,21,22,23). The molecule has 0 spiro atoms. The topological polar surface area (TPSA) is 45.7 Å². The first-order chi connectivity index (χ1) is 11.7. The van der Waals surface area contributed by atoms with Gasteiger partial charge in [-0.2, -0.15) is 0 Å². The molecule has 2 N–H and O–H groups in total. The SMILES string of the molecule is CN=C(NCCc1ccc(F)cc1)NCCc1cccc(OC)c1. The van der Waals surface area contributed by atoms with Crippen LogP contribution in [-0.2, 0) is 12.8 Å². The van der Waals surface area contributed by atoms with E-state index in [1.807, 2.05) is 18.2 Å². The second kappa shape index (κ2) is 9.55. The van der Waals surface area contributed by atoms with E-state index in [0.717, 1.165) is 43.2 Å². The van der Waals surface area contributed by atoms with Gasteiger partial charge in [-0.15, -0.1) is 0 Å². The second-order valence-electron chi connectivity index (χ2n) is 5.40.